The minimum Gasteiger partial charge on any atom is -0.362 e. The van der Waals surface area contributed by atoms with Crippen LogP contribution in [-0.2, 0) is 0 Å². The molecular formula is C16H14FN5. The summed E-state index contributed by atoms with van der Waals surface area (Å²) in [6.07, 6.45) is 3.51. The number of nitrogens with one attached hydrogen (secondary N) is 1. The van der Waals surface area contributed by atoms with Gasteiger partial charge < -0.3 is 5.32 Å². The fourth-order valence-corrected chi connectivity index (χ4v) is 1.93. The van der Waals surface area contributed by atoms with Crippen molar-refractivity contribution in [3.05, 3.63) is 71.9 Å². The topological polar surface area (TPSA) is 55.6 Å². The Balaban J connectivity index is 1.76. The van der Waals surface area contributed by atoms with Crippen LogP contribution >= 0.6 is 0 Å². The Morgan fingerprint density at radius 2 is 1.77 bits per heavy atom. The molecule has 0 radical (unpaired) electrons. The summed E-state index contributed by atoms with van der Waals surface area (Å²) in [5.74, 6) is 0.251. The lowest BCUT2D eigenvalue weighted by molar-refractivity contribution is 0.626. The molecule has 0 bridgehead atoms. The van der Waals surface area contributed by atoms with Crippen LogP contribution in [0.1, 0.15) is 11.4 Å². The monoisotopic (exact) mass is 295 g/mol. The quantitative estimate of drug-likeness (QED) is 0.803. The first-order valence-corrected chi connectivity index (χ1v) is 6.76. The summed E-state index contributed by atoms with van der Waals surface area (Å²) >= 11 is 0. The van der Waals surface area contributed by atoms with Crippen LogP contribution in [0.15, 0.2) is 54.7 Å². The summed E-state index contributed by atoms with van der Waals surface area (Å²) in [5, 5.41) is 14.6. The van der Waals surface area contributed by atoms with E-state index in [0.29, 0.717) is 11.5 Å². The predicted molar refractivity (Wildman–Crippen MR) is 82.9 cm³/mol. The lowest BCUT2D eigenvalue weighted by Crippen LogP contribution is -2.00. The van der Waals surface area contributed by atoms with Gasteiger partial charge in [0.25, 0.3) is 0 Å². The highest BCUT2D eigenvalue weighted by Gasteiger charge is 2.05. The van der Waals surface area contributed by atoms with E-state index >= 15 is 0 Å². The van der Waals surface area contributed by atoms with E-state index in [1.807, 2.05) is 31.2 Å². The zero-order valence-electron chi connectivity index (χ0n) is 11.9. The van der Waals surface area contributed by atoms with Gasteiger partial charge in [0.15, 0.2) is 5.82 Å². The number of aromatic nitrogens is 4. The first-order chi connectivity index (χ1) is 10.7. The molecule has 0 unspecified atom stereocenters. The average Bonchev–Trinajstić information content (AvgIpc) is 2.98. The summed E-state index contributed by atoms with van der Waals surface area (Å²) in [7, 11) is 0. The highest BCUT2D eigenvalue weighted by atomic mass is 19.1. The van der Waals surface area contributed by atoms with Gasteiger partial charge in [-0.2, -0.15) is 4.68 Å². The number of hydrogen-bond acceptors (Lipinski definition) is 4. The molecule has 5 nitrogen and oxygen atoms in total. The van der Waals surface area contributed by atoms with Gasteiger partial charge >= 0.3 is 0 Å². The number of anilines is 1. The van der Waals surface area contributed by atoms with E-state index in [2.05, 4.69) is 20.8 Å². The van der Waals surface area contributed by atoms with Gasteiger partial charge in [0.2, 0.25) is 0 Å². The van der Waals surface area contributed by atoms with Crippen LogP contribution < -0.4 is 5.32 Å². The molecular weight excluding hydrogens is 281 g/mol. The number of nitrogens with zero attached hydrogens (tertiary/aromatic N) is 4. The fourth-order valence-electron chi connectivity index (χ4n) is 1.93. The molecule has 0 atom stereocenters. The molecule has 0 saturated heterocycles. The van der Waals surface area contributed by atoms with Crippen molar-refractivity contribution in [3.8, 4) is 5.69 Å². The van der Waals surface area contributed by atoms with Crippen molar-refractivity contribution >= 4 is 11.8 Å². The zero-order valence-corrected chi connectivity index (χ0v) is 11.9. The van der Waals surface area contributed by atoms with E-state index in [0.717, 1.165) is 5.69 Å². The molecule has 22 heavy (non-hydrogen) atoms. The predicted octanol–water partition coefficient (Wildman–Crippen LogP) is 3.19. The SMILES string of the molecule is Cc1ccc(N/C=C/c2nnnn2-c2ccc(F)cc2)cc1. The van der Waals surface area contributed by atoms with Crippen LogP contribution in [0.5, 0.6) is 0 Å². The van der Waals surface area contributed by atoms with Gasteiger partial charge in [-0.1, -0.05) is 17.7 Å². The van der Waals surface area contributed by atoms with Crippen molar-refractivity contribution in [2.75, 3.05) is 5.32 Å². The first kappa shape index (κ1) is 13.9. The number of rotatable bonds is 4. The maximum atomic E-state index is 13.0. The average molecular weight is 295 g/mol. The van der Waals surface area contributed by atoms with Gasteiger partial charge in [-0.05, 0) is 53.7 Å². The second-order valence-electron chi connectivity index (χ2n) is 4.77. The summed E-state index contributed by atoms with van der Waals surface area (Å²) in [5.41, 5.74) is 2.87. The van der Waals surface area contributed by atoms with Gasteiger partial charge in [0.1, 0.15) is 5.82 Å². The van der Waals surface area contributed by atoms with E-state index in [1.54, 1.807) is 24.4 Å². The smallest absolute Gasteiger partial charge is 0.181 e. The third-order valence-corrected chi connectivity index (χ3v) is 3.10. The highest BCUT2D eigenvalue weighted by molar-refractivity contribution is 5.52. The highest BCUT2D eigenvalue weighted by Crippen LogP contribution is 2.11. The molecule has 0 saturated carbocycles. The van der Waals surface area contributed by atoms with Crippen LogP contribution in [-0.4, -0.2) is 20.2 Å². The van der Waals surface area contributed by atoms with Crippen LogP contribution in [0.3, 0.4) is 0 Å². The van der Waals surface area contributed by atoms with Gasteiger partial charge in [-0.3, -0.25) is 0 Å². The van der Waals surface area contributed by atoms with E-state index < -0.39 is 0 Å². The molecule has 0 aliphatic carbocycles. The number of hydrogen-bond donors (Lipinski definition) is 1. The molecule has 6 heteroatoms. The summed E-state index contributed by atoms with van der Waals surface area (Å²) < 4.78 is 14.5. The lowest BCUT2D eigenvalue weighted by atomic mass is 10.2. The molecule has 1 heterocycles. The standard InChI is InChI=1S/C16H14FN5/c1-12-2-6-14(7-3-12)18-11-10-16-19-20-21-22(16)15-8-4-13(17)5-9-15/h2-11,18H,1H3/b11-10+. The molecule has 110 valence electrons. The molecule has 1 aromatic heterocycles. The molecule has 0 fully saturated rings. The third kappa shape index (κ3) is 3.17. The van der Waals surface area contributed by atoms with Crippen molar-refractivity contribution in [1.29, 1.82) is 0 Å². The number of halogens is 1. The Hall–Kier alpha value is -3.02. The molecule has 2 aromatic carbocycles. The van der Waals surface area contributed by atoms with Crippen molar-refractivity contribution < 1.29 is 4.39 Å². The van der Waals surface area contributed by atoms with Crippen molar-refractivity contribution in [1.82, 2.24) is 20.2 Å². The number of benzene rings is 2. The van der Waals surface area contributed by atoms with Gasteiger partial charge in [0.05, 0.1) is 5.69 Å². The number of aryl methyl sites for hydroxylation is 1. The van der Waals surface area contributed by atoms with Crippen molar-refractivity contribution in [2.45, 2.75) is 6.92 Å². The maximum Gasteiger partial charge on any atom is 0.181 e. The molecule has 0 amide bonds. The summed E-state index contributed by atoms with van der Waals surface area (Å²) in [6.45, 7) is 2.04. The zero-order chi connectivity index (χ0) is 15.4. The first-order valence-electron chi connectivity index (χ1n) is 6.76. The molecule has 0 aliphatic heterocycles. The molecule has 1 N–H and O–H groups in total. The van der Waals surface area contributed by atoms with Crippen LogP contribution in [0.2, 0.25) is 0 Å². The lowest BCUT2D eigenvalue weighted by Gasteiger charge is -2.02. The summed E-state index contributed by atoms with van der Waals surface area (Å²) in [6, 6.07) is 14.0. The fraction of sp³-hybridized carbons (Fsp3) is 0.0625. The molecule has 3 rings (SSSR count). The van der Waals surface area contributed by atoms with E-state index in [-0.39, 0.29) is 5.82 Å². The van der Waals surface area contributed by atoms with Crippen LogP contribution in [0.25, 0.3) is 11.8 Å². The van der Waals surface area contributed by atoms with Crippen LogP contribution in [0.4, 0.5) is 10.1 Å². The Kier molecular flexibility index (Phi) is 3.91. The van der Waals surface area contributed by atoms with E-state index in [4.69, 9.17) is 0 Å². The maximum absolute atomic E-state index is 13.0. The minimum absolute atomic E-state index is 0.296. The third-order valence-electron chi connectivity index (χ3n) is 3.10. The Morgan fingerprint density at radius 1 is 1.05 bits per heavy atom. The number of tetrazole rings is 1. The van der Waals surface area contributed by atoms with Gasteiger partial charge in [-0.15, -0.1) is 5.10 Å². The van der Waals surface area contributed by atoms with Crippen molar-refractivity contribution in [3.63, 3.8) is 0 Å². The minimum atomic E-state index is -0.296. The molecule has 0 aliphatic rings. The van der Waals surface area contributed by atoms with Gasteiger partial charge in [-0.25, -0.2) is 4.39 Å². The molecule has 3 aromatic rings. The van der Waals surface area contributed by atoms with E-state index in [9.17, 15) is 4.39 Å². The Labute approximate surface area is 127 Å². The van der Waals surface area contributed by atoms with Gasteiger partial charge in [0, 0.05) is 18.0 Å². The van der Waals surface area contributed by atoms with Crippen molar-refractivity contribution in [2.24, 2.45) is 0 Å². The Bertz CT molecular complexity index is 775. The second kappa shape index (κ2) is 6.17. The molecule has 0 spiro atoms. The Morgan fingerprint density at radius 3 is 2.50 bits per heavy atom. The summed E-state index contributed by atoms with van der Waals surface area (Å²) in [4.78, 5) is 0. The van der Waals surface area contributed by atoms with E-state index in [1.165, 1.54) is 22.4 Å². The second-order valence-corrected chi connectivity index (χ2v) is 4.77. The van der Waals surface area contributed by atoms with Crippen LogP contribution in [0, 0.1) is 12.7 Å². The largest absolute Gasteiger partial charge is 0.362 e. The normalized spacial score (nSPS) is 11.0.